The van der Waals surface area contributed by atoms with Gasteiger partial charge in [-0.2, -0.15) is 0 Å². The lowest BCUT2D eigenvalue weighted by Gasteiger charge is -2.34. The van der Waals surface area contributed by atoms with Crippen LogP contribution in [-0.2, 0) is 13.0 Å². The summed E-state index contributed by atoms with van der Waals surface area (Å²) < 4.78 is 7.85. The van der Waals surface area contributed by atoms with Gasteiger partial charge in [-0.1, -0.05) is 18.2 Å². The number of carbonyl (C=O) groups excluding carboxylic acids is 1. The summed E-state index contributed by atoms with van der Waals surface area (Å²) in [5.74, 6) is 1.00. The van der Waals surface area contributed by atoms with Gasteiger partial charge >= 0.3 is 0 Å². The number of likely N-dealkylation sites (N-methyl/N-ethyl adjacent to an activating group) is 1. The Morgan fingerprint density at radius 2 is 1.50 bits per heavy atom. The third kappa shape index (κ3) is 7.57. The lowest BCUT2D eigenvalue weighted by molar-refractivity contribution is 0.0638. The first kappa shape index (κ1) is 32.1. The van der Waals surface area contributed by atoms with E-state index in [9.17, 15) is 4.79 Å². The molecule has 2 aliphatic heterocycles. The van der Waals surface area contributed by atoms with Crippen LogP contribution in [0.1, 0.15) is 33.6 Å². The molecule has 46 heavy (non-hydrogen) atoms. The molecule has 1 aromatic heterocycles. The molecular formula is C38H50N6O2. The molecule has 3 aromatic carbocycles. The maximum Gasteiger partial charge on any atom is 0.254 e. The lowest BCUT2D eigenvalue weighted by atomic mass is 10.1. The van der Waals surface area contributed by atoms with Crippen LogP contribution >= 0.6 is 0 Å². The molecule has 2 saturated heterocycles. The number of hydrogen-bond acceptors (Lipinski definition) is 6. The van der Waals surface area contributed by atoms with Gasteiger partial charge in [-0.3, -0.25) is 9.69 Å². The van der Waals surface area contributed by atoms with Crippen LogP contribution in [0.15, 0.2) is 66.7 Å². The van der Waals surface area contributed by atoms with Crippen LogP contribution in [0.25, 0.3) is 10.9 Å². The molecule has 0 aliphatic carbocycles. The molecule has 6 rings (SSSR count). The molecule has 0 bridgehead atoms. The highest BCUT2D eigenvalue weighted by atomic mass is 16.5. The molecule has 8 nitrogen and oxygen atoms in total. The average Bonchev–Trinajstić information content (AvgIpc) is 3.32. The smallest absolute Gasteiger partial charge is 0.254 e. The quantitative estimate of drug-likeness (QED) is 0.234. The summed E-state index contributed by atoms with van der Waals surface area (Å²) in [6, 6.07) is 22.9. The van der Waals surface area contributed by atoms with Gasteiger partial charge in [0.25, 0.3) is 5.91 Å². The molecule has 0 radical (unpaired) electrons. The Morgan fingerprint density at radius 3 is 2.28 bits per heavy atom. The summed E-state index contributed by atoms with van der Waals surface area (Å²) in [6.45, 7) is 15.6. The van der Waals surface area contributed by atoms with E-state index in [4.69, 9.17) is 4.74 Å². The minimum Gasteiger partial charge on any atom is -0.497 e. The van der Waals surface area contributed by atoms with E-state index in [0.717, 1.165) is 81.3 Å². The molecule has 0 saturated carbocycles. The zero-order valence-corrected chi connectivity index (χ0v) is 28.1. The second-order valence-corrected chi connectivity index (χ2v) is 13.0. The van der Waals surface area contributed by atoms with Crippen molar-refractivity contribution in [3.63, 3.8) is 0 Å². The second-order valence-electron chi connectivity index (χ2n) is 13.0. The first-order chi connectivity index (χ1) is 22.4. The third-order valence-electron chi connectivity index (χ3n) is 10.00. The van der Waals surface area contributed by atoms with Gasteiger partial charge in [-0.15, -0.1) is 0 Å². The molecule has 4 aromatic rings. The molecule has 2 aliphatic rings. The van der Waals surface area contributed by atoms with Crippen molar-refractivity contribution in [2.45, 2.75) is 33.2 Å². The van der Waals surface area contributed by atoms with Crippen molar-refractivity contribution in [3.05, 3.63) is 89.1 Å². The number of anilines is 2. The monoisotopic (exact) mass is 622 g/mol. The van der Waals surface area contributed by atoms with Gasteiger partial charge < -0.3 is 29.3 Å². The number of rotatable bonds is 11. The zero-order chi connectivity index (χ0) is 32.0. The molecule has 0 unspecified atom stereocenters. The topological polar surface area (TPSA) is 56.2 Å². The number of aromatic nitrogens is 1. The Balaban J connectivity index is 1.03. The summed E-state index contributed by atoms with van der Waals surface area (Å²) in [7, 11) is 3.92. The Morgan fingerprint density at radius 1 is 0.783 bits per heavy atom. The molecule has 244 valence electrons. The van der Waals surface area contributed by atoms with Crippen LogP contribution < -0.4 is 10.1 Å². The maximum absolute atomic E-state index is 13.5. The fourth-order valence-corrected chi connectivity index (χ4v) is 6.91. The van der Waals surface area contributed by atoms with Crippen LogP contribution in [0.2, 0.25) is 0 Å². The second kappa shape index (κ2) is 14.7. The number of aryl methyl sites for hydroxylation is 2. The number of hydrogen-bond donors (Lipinski definition) is 1. The van der Waals surface area contributed by atoms with E-state index in [1.54, 1.807) is 7.11 Å². The summed E-state index contributed by atoms with van der Waals surface area (Å²) in [6.07, 6.45) is 2.14. The Kier molecular flexibility index (Phi) is 10.3. The number of amides is 1. The molecule has 0 spiro atoms. The van der Waals surface area contributed by atoms with E-state index in [2.05, 4.69) is 75.8 Å². The van der Waals surface area contributed by atoms with E-state index in [1.165, 1.54) is 53.9 Å². The number of piperazine rings is 2. The number of benzene rings is 3. The molecule has 1 N–H and O–H groups in total. The fourth-order valence-electron chi connectivity index (χ4n) is 6.91. The lowest BCUT2D eigenvalue weighted by Crippen LogP contribution is -2.49. The average molecular weight is 623 g/mol. The normalized spacial score (nSPS) is 16.7. The fraction of sp³-hybridized carbons (Fsp3) is 0.447. The van der Waals surface area contributed by atoms with Gasteiger partial charge in [0.05, 0.1) is 7.11 Å². The summed E-state index contributed by atoms with van der Waals surface area (Å²) in [5, 5.41) is 4.87. The van der Waals surface area contributed by atoms with Gasteiger partial charge in [-0.05, 0) is 99.9 Å². The number of fused-ring (bicyclic) bond motifs is 1. The number of ether oxygens (including phenoxy) is 1. The van der Waals surface area contributed by atoms with Crippen LogP contribution in [-0.4, -0.2) is 110 Å². The Labute approximate surface area is 274 Å². The highest BCUT2D eigenvalue weighted by molar-refractivity contribution is 5.95. The van der Waals surface area contributed by atoms with E-state index in [1.807, 2.05) is 41.3 Å². The van der Waals surface area contributed by atoms with Crippen LogP contribution in [0.4, 0.5) is 11.4 Å². The van der Waals surface area contributed by atoms with Gasteiger partial charge in [0.15, 0.2) is 0 Å². The Hall–Kier alpha value is -3.85. The number of methoxy groups -OCH3 is 1. The largest absolute Gasteiger partial charge is 0.497 e. The van der Waals surface area contributed by atoms with Gasteiger partial charge in [0.1, 0.15) is 5.75 Å². The Bertz CT molecular complexity index is 1630. The van der Waals surface area contributed by atoms with Gasteiger partial charge in [0, 0.05) is 99.0 Å². The molecule has 3 heterocycles. The standard InChI is InChI=1S/C38H50N6O2/c1-29-30(2)44(16-7-15-41-20-18-40(3)19-21-41)37-13-12-34(28-36(29)37)39-33-10-6-9-32(27-33)38(45)43-24-22-42(23-25-43)17-14-31-8-5-11-35(26-31)46-4/h5-6,8-13,26-28,39H,7,14-25H2,1-4H3. The highest BCUT2D eigenvalue weighted by Crippen LogP contribution is 2.30. The van der Waals surface area contributed by atoms with Crippen LogP contribution in [0, 0.1) is 13.8 Å². The first-order valence-corrected chi connectivity index (χ1v) is 16.9. The van der Waals surface area contributed by atoms with Crippen LogP contribution in [0.3, 0.4) is 0 Å². The predicted octanol–water partition coefficient (Wildman–Crippen LogP) is 5.65. The van der Waals surface area contributed by atoms with Gasteiger partial charge in [0.2, 0.25) is 0 Å². The molecule has 0 atom stereocenters. The van der Waals surface area contributed by atoms with E-state index < -0.39 is 0 Å². The minimum atomic E-state index is 0.103. The predicted molar refractivity (Wildman–Crippen MR) is 189 cm³/mol. The zero-order valence-electron chi connectivity index (χ0n) is 28.1. The summed E-state index contributed by atoms with van der Waals surface area (Å²) in [5.41, 5.74) is 7.96. The van der Waals surface area contributed by atoms with E-state index in [0.29, 0.717) is 0 Å². The van der Waals surface area contributed by atoms with Crippen molar-refractivity contribution in [2.24, 2.45) is 0 Å². The number of carbonyl (C=O) groups is 1. The van der Waals surface area contributed by atoms with E-state index in [-0.39, 0.29) is 5.91 Å². The van der Waals surface area contributed by atoms with Crippen molar-refractivity contribution in [2.75, 3.05) is 84.9 Å². The van der Waals surface area contributed by atoms with Crippen molar-refractivity contribution < 1.29 is 9.53 Å². The van der Waals surface area contributed by atoms with Crippen molar-refractivity contribution >= 4 is 28.2 Å². The van der Waals surface area contributed by atoms with Gasteiger partial charge in [-0.25, -0.2) is 0 Å². The van der Waals surface area contributed by atoms with Crippen molar-refractivity contribution in [1.82, 2.24) is 24.2 Å². The van der Waals surface area contributed by atoms with Crippen LogP contribution in [0.5, 0.6) is 5.75 Å². The third-order valence-corrected chi connectivity index (χ3v) is 10.00. The SMILES string of the molecule is COc1cccc(CCN2CCN(C(=O)c3cccc(Nc4ccc5c(c4)c(C)c(C)n5CCCN4CCN(C)CC4)c3)CC2)c1. The summed E-state index contributed by atoms with van der Waals surface area (Å²) >= 11 is 0. The molecule has 8 heteroatoms. The summed E-state index contributed by atoms with van der Waals surface area (Å²) in [4.78, 5) is 22.9. The highest BCUT2D eigenvalue weighted by Gasteiger charge is 2.22. The molecular weight excluding hydrogens is 572 g/mol. The van der Waals surface area contributed by atoms with Crippen molar-refractivity contribution in [1.29, 1.82) is 0 Å². The van der Waals surface area contributed by atoms with E-state index >= 15 is 0 Å². The molecule has 2 fully saturated rings. The maximum atomic E-state index is 13.5. The minimum absolute atomic E-state index is 0.103. The van der Waals surface area contributed by atoms with Crippen molar-refractivity contribution in [3.8, 4) is 5.75 Å². The number of nitrogens with zero attached hydrogens (tertiary/aromatic N) is 5. The molecule has 1 amide bonds. The first-order valence-electron chi connectivity index (χ1n) is 16.9. The number of nitrogens with one attached hydrogen (secondary N) is 1.